The van der Waals surface area contributed by atoms with Crippen LogP contribution < -0.4 is 11.3 Å². The van der Waals surface area contributed by atoms with Gasteiger partial charge in [-0.1, -0.05) is 24.3 Å². The van der Waals surface area contributed by atoms with Crippen molar-refractivity contribution in [3.63, 3.8) is 0 Å². The quantitative estimate of drug-likeness (QED) is 0.749. The summed E-state index contributed by atoms with van der Waals surface area (Å²) in [6.07, 6.45) is -3.02. The van der Waals surface area contributed by atoms with Crippen molar-refractivity contribution in [2.75, 3.05) is 5.73 Å². The van der Waals surface area contributed by atoms with Crippen molar-refractivity contribution in [3.8, 4) is 0 Å². The summed E-state index contributed by atoms with van der Waals surface area (Å²) in [5.74, 6) is 0. The van der Waals surface area contributed by atoms with Gasteiger partial charge in [-0.15, -0.1) is 0 Å². The van der Waals surface area contributed by atoms with Crippen molar-refractivity contribution in [1.82, 2.24) is 9.55 Å². The molecule has 0 atom stereocenters. The minimum absolute atomic E-state index is 0.0650. The number of rotatable bonds is 3. The second-order valence-corrected chi connectivity index (χ2v) is 5.39. The fraction of sp³-hybridized carbons (Fsp3) is 0.176. The Morgan fingerprint density at radius 1 is 1.08 bits per heavy atom. The van der Waals surface area contributed by atoms with E-state index in [1.54, 1.807) is 24.3 Å². The number of nitrogen functional groups attached to an aromatic ring is 1. The lowest BCUT2D eigenvalue weighted by Gasteiger charge is -2.13. The van der Waals surface area contributed by atoms with Gasteiger partial charge in [-0.25, -0.2) is 4.98 Å². The molecule has 0 amide bonds. The van der Waals surface area contributed by atoms with Gasteiger partial charge in [0, 0.05) is 12.2 Å². The van der Waals surface area contributed by atoms with E-state index >= 15 is 0 Å². The van der Waals surface area contributed by atoms with Crippen LogP contribution in [0, 0.1) is 0 Å². The molecular formula is C17H14F3N3O. The van der Waals surface area contributed by atoms with Crippen LogP contribution in [0.15, 0.2) is 53.6 Å². The van der Waals surface area contributed by atoms with Gasteiger partial charge in [-0.05, 0) is 30.2 Å². The average Bonchev–Trinajstić information content (AvgIpc) is 2.54. The molecule has 7 heteroatoms. The summed E-state index contributed by atoms with van der Waals surface area (Å²) < 4.78 is 40.3. The molecule has 3 rings (SSSR count). The maximum absolute atomic E-state index is 13.0. The van der Waals surface area contributed by atoms with Crippen LogP contribution in [0.4, 0.5) is 18.9 Å². The first-order chi connectivity index (χ1) is 11.4. The molecular weight excluding hydrogens is 319 g/mol. The van der Waals surface area contributed by atoms with E-state index in [1.807, 2.05) is 0 Å². The van der Waals surface area contributed by atoms with Gasteiger partial charge in [-0.2, -0.15) is 13.2 Å². The van der Waals surface area contributed by atoms with Gasteiger partial charge in [0.05, 0.1) is 22.8 Å². The highest BCUT2D eigenvalue weighted by Crippen LogP contribution is 2.32. The lowest BCUT2D eigenvalue weighted by Crippen LogP contribution is -2.23. The van der Waals surface area contributed by atoms with Gasteiger partial charge < -0.3 is 5.73 Å². The third kappa shape index (κ3) is 2.97. The third-order valence-corrected chi connectivity index (χ3v) is 3.83. The second-order valence-electron chi connectivity index (χ2n) is 5.39. The van der Waals surface area contributed by atoms with E-state index in [0.717, 1.165) is 6.07 Å². The van der Waals surface area contributed by atoms with Gasteiger partial charge in [0.1, 0.15) is 0 Å². The van der Waals surface area contributed by atoms with E-state index in [2.05, 4.69) is 4.98 Å². The topological polar surface area (TPSA) is 60.9 Å². The minimum atomic E-state index is -4.42. The summed E-state index contributed by atoms with van der Waals surface area (Å²) in [7, 11) is 0. The maximum atomic E-state index is 13.0. The Morgan fingerprint density at radius 2 is 1.83 bits per heavy atom. The first-order valence-electron chi connectivity index (χ1n) is 7.26. The van der Waals surface area contributed by atoms with Crippen LogP contribution in [-0.2, 0) is 19.1 Å². The summed E-state index contributed by atoms with van der Waals surface area (Å²) in [4.78, 5) is 16.6. The van der Waals surface area contributed by atoms with E-state index in [1.165, 1.54) is 23.0 Å². The third-order valence-electron chi connectivity index (χ3n) is 3.83. The highest BCUT2D eigenvalue weighted by Gasteiger charge is 2.32. The average molecular weight is 333 g/mol. The van der Waals surface area contributed by atoms with Crippen molar-refractivity contribution in [2.45, 2.75) is 19.1 Å². The van der Waals surface area contributed by atoms with Gasteiger partial charge in [0.2, 0.25) is 0 Å². The van der Waals surface area contributed by atoms with Crippen molar-refractivity contribution in [2.24, 2.45) is 0 Å². The Balaban J connectivity index is 1.94. The molecule has 124 valence electrons. The van der Waals surface area contributed by atoms with Gasteiger partial charge in [0.15, 0.2) is 0 Å². The fourth-order valence-corrected chi connectivity index (χ4v) is 2.64. The lowest BCUT2D eigenvalue weighted by atomic mass is 10.0. The molecule has 1 heterocycles. The summed E-state index contributed by atoms with van der Waals surface area (Å²) in [5.41, 5.74) is 5.67. The Morgan fingerprint density at radius 3 is 2.58 bits per heavy atom. The van der Waals surface area contributed by atoms with E-state index in [4.69, 9.17) is 5.73 Å². The fourth-order valence-electron chi connectivity index (χ4n) is 2.64. The van der Waals surface area contributed by atoms with E-state index in [-0.39, 0.29) is 29.5 Å². The normalized spacial score (nSPS) is 11.8. The van der Waals surface area contributed by atoms with Crippen LogP contribution in [0.3, 0.4) is 0 Å². The molecule has 3 aromatic rings. The summed E-state index contributed by atoms with van der Waals surface area (Å²) in [5, 5.41) is 0.282. The molecule has 0 saturated heterocycles. The smallest absolute Gasteiger partial charge is 0.398 e. The maximum Gasteiger partial charge on any atom is 0.416 e. The number of alkyl halides is 3. The lowest BCUT2D eigenvalue weighted by molar-refractivity contribution is -0.138. The molecule has 24 heavy (non-hydrogen) atoms. The van der Waals surface area contributed by atoms with Crippen LogP contribution in [0.1, 0.15) is 11.1 Å². The highest BCUT2D eigenvalue weighted by atomic mass is 19.4. The monoisotopic (exact) mass is 333 g/mol. The Labute approximate surface area is 135 Å². The number of halogens is 3. The first-order valence-corrected chi connectivity index (χ1v) is 7.26. The summed E-state index contributed by atoms with van der Waals surface area (Å²) in [6, 6.07) is 10.3. The zero-order valence-electron chi connectivity index (χ0n) is 12.5. The molecule has 1 aromatic heterocycles. The highest BCUT2D eigenvalue weighted by molar-refractivity contribution is 5.89. The van der Waals surface area contributed by atoms with E-state index in [0.29, 0.717) is 11.2 Å². The number of aryl methyl sites for hydroxylation is 2. The zero-order chi connectivity index (χ0) is 17.3. The van der Waals surface area contributed by atoms with Crippen LogP contribution >= 0.6 is 0 Å². The SMILES string of the molecule is Nc1cccc2ncn(CCc3ccccc3C(F)(F)F)c(=O)c12. The number of fused-ring (bicyclic) bond motifs is 1. The van der Waals surface area contributed by atoms with Crippen LogP contribution in [-0.4, -0.2) is 9.55 Å². The van der Waals surface area contributed by atoms with Crippen molar-refractivity contribution >= 4 is 16.6 Å². The number of hydrogen-bond donors (Lipinski definition) is 1. The molecule has 0 saturated carbocycles. The number of nitrogens with two attached hydrogens (primary N) is 1. The molecule has 2 N–H and O–H groups in total. The zero-order valence-corrected chi connectivity index (χ0v) is 12.5. The molecule has 0 radical (unpaired) electrons. The summed E-state index contributed by atoms with van der Waals surface area (Å²) in [6.45, 7) is 0.0865. The predicted octanol–water partition coefficient (Wildman–Crippen LogP) is 3.24. The number of hydrogen-bond acceptors (Lipinski definition) is 3. The molecule has 0 aliphatic carbocycles. The molecule has 2 aromatic carbocycles. The molecule has 0 aliphatic rings. The number of nitrogens with zero attached hydrogens (tertiary/aromatic N) is 2. The predicted molar refractivity (Wildman–Crippen MR) is 85.6 cm³/mol. The van der Waals surface area contributed by atoms with Crippen molar-refractivity contribution in [3.05, 3.63) is 70.3 Å². The molecule has 0 aliphatic heterocycles. The summed E-state index contributed by atoms with van der Waals surface area (Å²) >= 11 is 0. The first kappa shape index (κ1) is 16.0. The van der Waals surface area contributed by atoms with Gasteiger partial charge >= 0.3 is 6.18 Å². The van der Waals surface area contributed by atoms with Gasteiger partial charge in [0.25, 0.3) is 5.56 Å². The molecule has 0 bridgehead atoms. The van der Waals surface area contributed by atoms with Crippen molar-refractivity contribution < 1.29 is 13.2 Å². The Hall–Kier alpha value is -2.83. The van der Waals surface area contributed by atoms with E-state index < -0.39 is 11.7 Å². The van der Waals surface area contributed by atoms with Crippen LogP contribution in [0.5, 0.6) is 0 Å². The Bertz CT molecular complexity index is 948. The Kier molecular flexibility index (Phi) is 4.01. The molecule has 0 spiro atoms. The van der Waals surface area contributed by atoms with Gasteiger partial charge in [-0.3, -0.25) is 9.36 Å². The largest absolute Gasteiger partial charge is 0.416 e. The standard InChI is InChI=1S/C17H14F3N3O/c18-17(19,20)12-5-2-1-4-11(12)8-9-23-10-22-14-7-3-6-13(21)15(14)16(23)24/h1-7,10H,8-9,21H2. The molecule has 4 nitrogen and oxygen atoms in total. The number of benzene rings is 2. The van der Waals surface area contributed by atoms with Crippen LogP contribution in [0.2, 0.25) is 0 Å². The number of aromatic nitrogens is 2. The molecule has 0 fully saturated rings. The number of anilines is 1. The van der Waals surface area contributed by atoms with E-state index in [9.17, 15) is 18.0 Å². The van der Waals surface area contributed by atoms with Crippen LogP contribution in [0.25, 0.3) is 10.9 Å². The minimum Gasteiger partial charge on any atom is -0.398 e. The van der Waals surface area contributed by atoms with Crippen molar-refractivity contribution in [1.29, 1.82) is 0 Å². The second kappa shape index (κ2) is 5.99. The molecule has 0 unspecified atom stereocenters.